The molecule has 2 heterocycles. The van der Waals surface area contributed by atoms with Crippen molar-refractivity contribution in [3.63, 3.8) is 0 Å². The third-order valence-corrected chi connectivity index (χ3v) is 7.20. The van der Waals surface area contributed by atoms with Crippen molar-refractivity contribution < 1.29 is 18.8 Å². The van der Waals surface area contributed by atoms with Crippen LogP contribution in [0, 0.1) is 0 Å². The van der Waals surface area contributed by atoms with E-state index in [0.717, 1.165) is 41.7 Å². The Hall–Kier alpha value is -4.20. The minimum Gasteiger partial charge on any atom is -0.497 e. The summed E-state index contributed by atoms with van der Waals surface area (Å²) in [4.78, 5) is 21.3. The molecule has 1 N–H and O–H groups in total. The first-order chi connectivity index (χ1) is 18.6. The molecule has 0 spiro atoms. The zero-order valence-corrected chi connectivity index (χ0v) is 21.5. The third-order valence-electron chi connectivity index (χ3n) is 7.20. The standard InChI is InChI=1S/C30H32N4O4/c1-36-26-9-5-6-23(20-26)21-27-33-28(34-38-27)30(24-7-3-2-4-8-24)15-10-25(11-16-30)37-29(35)32-19-14-22-12-17-31-18-13-22/h2-9,12-13,17-18,20,25H,10-11,14-16,19,21H2,1H3,(H,32,35). The quantitative estimate of drug-likeness (QED) is 0.326. The lowest BCUT2D eigenvalue weighted by atomic mass is 9.68. The molecule has 1 fully saturated rings. The van der Waals surface area contributed by atoms with Crippen LogP contribution in [0.1, 0.15) is 54.1 Å². The molecule has 5 rings (SSSR count). The first kappa shape index (κ1) is 25.4. The molecule has 0 atom stereocenters. The number of nitrogens with one attached hydrogen (secondary N) is 1. The highest BCUT2D eigenvalue weighted by molar-refractivity contribution is 5.67. The lowest BCUT2D eigenvalue weighted by molar-refractivity contribution is 0.0616. The fourth-order valence-electron chi connectivity index (χ4n) is 5.13. The van der Waals surface area contributed by atoms with Gasteiger partial charge in [0.05, 0.1) is 18.9 Å². The van der Waals surface area contributed by atoms with Gasteiger partial charge >= 0.3 is 6.09 Å². The average Bonchev–Trinajstić information content (AvgIpc) is 3.43. The van der Waals surface area contributed by atoms with Crippen LogP contribution in [0.25, 0.3) is 0 Å². The summed E-state index contributed by atoms with van der Waals surface area (Å²) in [6, 6.07) is 22.0. The van der Waals surface area contributed by atoms with E-state index in [0.29, 0.717) is 37.5 Å². The van der Waals surface area contributed by atoms with E-state index in [1.54, 1.807) is 19.5 Å². The zero-order valence-electron chi connectivity index (χ0n) is 21.5. The van der Waals surface area contributed by atoms with Crippen LogP contribution in [0.4, 0.5) is 4.79 Å². The second kappa shape index (κ2) is 11.9. The molecular formula is C30H32N4O4. The highest BCUT2D eigenvalue weighted by atomic mass is 16.6. The molecule has 8 heteroatoms. The number of methoxy groups -OCH3 is 1. The summed E-state index contributed by atoms with van der Waals surface area (Å²) in [6.07, 6.45) is 7.16. The van der Waals surface area contributed by atoms with Crippen molar-refractivity contribution in [2.75, 3.05) is 13.7 Å². The third kappa shape index (κ3) is 6.02. The highest BCUT2D eigenvalue weighted by Crippen LogP contribution is 2.44. The predicted molar refractivity (Wildman–Crippen MR) is 142 cm³/mol. The molecule has 1 aliphatic rings. The van der Waals surface area contributed by atoms with Crippen molar-refractivity contribution in [3.05, 3.63) is 108 Å². The van der Waals surface area contributed by atoms with Crippen molar-refractivity contribution in [1.29, 1.82) is 0 Å². The lowest BCUT2D eigenvalue weighted by Gasteiger charge is -2.38. The van der Waals surface area contributed by atoms with Crippen LogP contribution in [-0.2, 0) is 23.0 Å². The number of carbonyl (C=O) groups excluding carboxylic acids is 1. The molecule has 0 radical (unpaired) electrons. The largest absolute Gasteiger partial charge is 0.497 e. The number of aromatic nitrogens is 3. The molecule has 196 valence electrons. The monoisotopic (exact) mass is 512 g/mol. The van der Waals surface area contributed by atoms with Gasteiger partial charge in [-0.3, -0.25) is 4.98 Å². The van der Waals surface area contributed by atoms with Crippen molar-refractivity contribution in [1.82, 2.24) is 20.4 Å². The maximum atomic E-state index is 12.4. The minimum atomic E-state index is -0.394. The summed E-state index contributed by atoms with van der Waals surface area (Å²) < 4.78 is 16.8. The van der Waals surface area contributed by atoms with E-state index >= 15 is 0 Å². The Morgan fingerprint density at radius 1 is 1.03 bits per heavy atom. The maximum absolute atomic E-state index is 12.4. The van der Waals surface area contributed by atoms with Crippen LogP contribution in [0.15, 0.2) is 83.6 Å². The first-order valence-electron chi connectivity index (χ1n) is 13.0. The molecule has 0 unspecified atom stereocenters. The number of hydrogen-bond acceptors (Lipinski definition) is 7. The molecule has 2 aromatic carbocycles. The predicted octanol–water partition coefficient (Wildman–Crippen LogP) is 5.26. The van der Waals surface area contributed by atoms with Gasteiger partial charge in [-0.15, -0.1) is 0 Å². The van der Waals surface area contributed by atoms with Gasteiger partial charge in [0.15, 0.2) is 5.82 Å². The number of ether oxygens (including phenoxy) is 2. The highest BCUT2D eigenvalue weighted by Gasteiger charge is 2.43. The van der Waals surface area contributed by atoms with Crippen molar-refractivity contribution in [2.24, 2.45) is 0 Å². The summed E-state index contributed by atoms with van der Waals surface area (Å²) in [6.45, 7) is 0.516. The molecular weight excluding hydrogens is 480 g/mol. The van der Waals surface area contributed by atoms with Gasteiger partial charge < -0.3 is 19.3 Å². The van der Waals surface area contributed by atoms with E-state index in [9.17, 15) is 4.79 Å². The summed E-state index contributed by atoms with van der Waals surface area (Å²) >= 11 is 0. The van der Waals surface area contributed by atoms with E-state index < -0.39 is 5.41 Å². The SMILES string of the molecule is COc1cccc(Cc2nc(C3(c4ccccc4)CCC(OC(=O)NCCc4ccncc4)CC3)no2)c1. The molecule has 0 bridgehead atoms. The Kier molecular flexibility index (Phi) is 7.97. The summed E-state index contributed by atoms with van der Waals surface area (Å²) in [5.41, 5.74) is 2.92. The van der Waals surface area contributed by atoms with E-state index in [2.05, 4.69) is 27.6 Å². The summed E-state index contributed by atoms with van der Waals surface area (Å²) in [5.74, 6) is 2.04. The van der Waals surface area contributed by atoms with Gasteiger partial charge in [-0.1, -0.05) is 47.6 Å². The fraction of sp³-hybridized carbons (Fsp3) is 0.333. The number of carbonyl (C=O) groups is 1. The van der Waals surface area contributed by atoms with E-state index in [4.69, 9.17) is 19.0 Å². The van der Waals surface area contributed by atoms with E-state index in [1.807, 2.05) is 54.6 Å². The van der Waals surface area contributed by atoms with Crippen molar-refractivity contribution in [2.45, 2.75) is 50.0 Å². The molecule has 0 saturated heterocycles. The Morgan fingerprint density at radius 3 is 2.58 bits per heavy atom. The zero-order chi connectivity index (χ0) is 26.2. The van der Waals surface area contributed by atoms with Gasteiger partial charge in [-0.05, 0) is 73.1 Å². The first-order valence-corrected chi connectivity index (χ1v) is 13.0. The maximum Gasteiger partial charge on any atom is 0.407 e. The van der Waals surface area contributed by atoms with Crippen LogP contribution in [0.3, 0.4) is 0 Å². The van der Waals surface area contributed by atoms with Crippen LogP contribution >= 0.6 is 0 Å². The van der Waals surface area contributed by atoms with Gasteiger partial charge in [-0.2, -0.15) is 4.98 Å². The van der Waals surface area contributed by atoms with Gasteiger partial charge in [-0.25, -0.2) is 4.79 Å². The van der Waals surface area contributed by atoms with E-state index in [1.165, 1.54) is 0 Å². The molecule has 38 heavy (non-hydrogen) atoms. The molecule has 1 aliphatic carbocycles. The molecule has 1 amide bonds. The number of benzene rings is 2. The second-order valence-corrected chi connectivity index (χ2v) is 9.63. The van der Waals surface area contributed by atoms with Gasteiger partial charge in [0.25, 0.3) is 0 Å². The topological polar surface area (TPSA) is 99.4 Å². The molecule has 1 saturated carbocycles. The Labute approximate surface area is 222 Å². The summed E-state index contributed by atoms with van der Waals surface area (Å²) in [7, 11) is 1.65. The van der Waals surface area contributed by atoms with E-state index in [-0.39, 0.29) is 12.2 Å². The number of rotatable bonds is 9. The number of alkyl carbamates (subject to hydrolysis) is 1. The minimum absolute atomic E-state index is 0.157. The van der Waals surface area contributed by atoms with Crippen molar-refractivity contribution in [3.8, 4) is 5.75 Å². The Bertz CT molecular complexity index is 1320. The Balaban J connectivity index is 1.23. The number of nitrogens with zero attached hydrogens (tertiary/aromatic N) is 3. The number of amides is 1. The Morgan fingerprint density at radius 2 is 1.82 bits per heavy atom. The smallest absolute Gasteiger partial charge is 0.407 e. The second-order valence-electron chi connectivity index (χ2n) is 9.63. The summed E-state index contributed by atoms with van der Waals surface area (Å²) in [5, 5.41) is 7.31. The van der Waals surface area contributed by atoms with Crippen LogP contribution < -0.4 is 10.1 Å². The molecule has 4 aromatic rings. The molecule has 2 aromatic heterocycles. The van der Waals surface area contributed by atoms with Gasteiger partial charge in [0.2, 0.25) is 5.89 Å². The number of pyridine rings is 1. The van der Waals surface area contributed by atoms with Crippen molar-refractivity contribution >= 4 is 6.09 Å². The number of hydrogen-bond donors (Lipinski definition) is 1. The van der Waals surface area contributed by atoms with Crippen LogP contribution in [0.2, 0.25) is 0 Å². The molecule has 8 nitrogen and oxygen atoms in total. The van der Waals surface area contributed by atoms with Crippen LogP contribution in [-0.4, -0.2) is 41.0 Å². The normalized spacial score (nSPS) is 19.0. The van der Waals surface area contributed by atoms with Crippen LogP contribution in [0.5, 0.6) is 5.75 Å². The average molecular weight is 513 g/mol. The molecule has 0 aliphatic heterocycles. The lowest BCUT2D eigenvalue weighted by Crippen LogP contribution is -2.39. The van der Waals surface area contributed by atoms with Gasteiger partial charge in [0, 0.05) is 18.9 Å². The van der Waals surface area contributed by atoms with Gasteiger partial charge in [0.1, 0.15) is 11.9 Å². The fourth-order valence-corrected chi connectivity index (χ4v) is 5.13.